The van der Waals surface area contributed by atoms with Crippen LogP contribution < -0.4 is 4.74 Å². The molecule has 1 heteroatoms. The third-order valence-electron chi connectivity index (χ3n) is 3.34. The smallest absolute Gasteiger partial charge is 0.123 e. The molecule has 1 aliphatic heterocycles. The summed E-state index contributed by atoms with van der Waals surface area (Å²) < 4.78 is 6.03. The lowest BCUT2D eigenvalue weighted by Gasteiger charge is -2.27. The molecule has 0 amide bonds. The van der Waals surface area contributed by atoms with Gasteiger partial charge in [-0.2, -0.15) is 0 Å². The van der Waals surface area contributed by atoms with Crippen molar-refractivity contribution in [2.45, 2.75) is 45.6 Å². The molecule has 1 unspecified atom stereocenters. The predicted octanol–water partition coefficient (Wildman–Crippen LogP) is 3.77. The Labute approximate surface area is 92.5 Å². The first-order valence-electron chi connectivity index (χ1n) is 5.78. The van der Waals surface area contributed by atoms with Gasteiger partial charge in [-0.15, -0.1) is 0 Å². The Morgan fingerprint density at radius 2 is 1.93 bits per heavy atom. The molecule has 0 aromatic heterocycles. The topological polar surface area (TPSA) is 9.23 Å². The van der Waals surface area contributed by atoms with Gasteiger partial charge in [-0.1, -0.05) is 45.9 Å². The molecule has 1 aromatic carbocycles. The molecule has 1 heterocycles. The van der Waals surface area contributed by atoms with Crippen molar-refractivity contribution in [2.24, 2.45) is 5.92 Å². The molecule has 1 atom stereocenters. The molecule has 15 heavy (non-hydrogen) atoms. The van der Waals surface area contributed by atoms with Gasteiger partial charge in [0, 0.05) is 11.0 Å². The first kappa shape index (κ1) is 10.5. The largest absolute Gasteiger partial charge is 0.489 e. The summed E-state index contributed by atoms with van der Waals surface area (Å²) in [6.07, 6.45) is 1.46. The van der Waals surface area contributed by atoms with E-state index in [1.807, 2.05) is 6.07 Å². The van der Waals surface area contributed by atoms with Crippen molar-refractivity contribution >= 4 is 0 Å². The number of fused-ring (bicyclic) bond motifs is 1. The van der Waals surface area contributed by atoms with Crippen LogP contribution >= 0.6 is 0 Å². The summed E-state index contributed by atoms with van der Waals surface area (Å²) in [5.74, 6) is 1.76. The maximum Gasteiger partial charge on any atom is 0.123 e. The zero-order chi connectivity index (χ0) is 11.1. The maximum absolute atomic E-state index is 6.03. The van der Waals surface area contributed by atoms with Gasteiger partial charge in [0.05, 0.1) is 0 Å². The van der Waals surface area contributed by atoms with Crippen LogP contribution in [0, 0.1) is 5.92 Å². The van der Waals surface area contributed by atoms with Crippen molar-refractivity contribution < 1.29 is 4.74 Å². The standard InChI is InChI=1S/C14H20O/c1-10(2)9-13-14(3,4)11-7-5-6-8-12(11)15-13/h5-8,10,13H,9H2,1-4H3. The van der Waals surface area contributed by atoms with Crippen LogP contribution in [-0.2, 0) is 5.41 Å². The summed E-state index contributed by atoms with van der Waals surface area (Å²) in [5.41, 5.74) is 1.51. The first-order chi connectivity index (χ1) is 7.01. The van der Waals surface area contributed by atoms with Gasteiger partial charge in [0.15, 0.2) is 0 Å². The molecule has 0 bridgehead atoms. The lowest BCUT2D eigenvalue weighted by atomic mass is 9.78. The highest BCUT2D eigenvalue weighted by molar-refractivity contribution is 5.43. The number of hydrogen-bond donors (Lipinski definition) is 0. The highest BCUT2D eigenvalue weighted by atomic mass is 16.5. The second kappa shape index (κ2) is 3.55. The fraction of sp³-hybridized carbons (Fsp3) is 0.571. The number of rotatable bonds is 2. The fourth-order valence-corrected chi connectivity index (χ4v) is 2.35. The summed E-state index contributed by atoms with van der Waals surface area (Å²) in [6, 6.07) is 8.42. The molecule has 1 nitrogen and oxygen atoms in total. The van der Waals surface area contributed by atoms with Crippen LogP contribution in [-0.4, -0.2) is 6.10 Å². The van der Waals surface area contributed by atoms with Crippen LogP contribution in [0.2, 0.25) is 0 Å². The summed E-state index contributed by atoms with van der Waals surface area (Å²) >= 11 is 0. The molecular weight excluding hydrogens is 184 g/mol. The fourth-order valence-electron chi connectivity index (χ4n) is 2.35. The van der Waals surface area contributed by atoms with E-state index in [1.54, 1.807) is 0 Å². The quantitative estimate of drug-likeness (QED) is 0.712. The third kappa shape index (κ3) is 1.75. The molecule has 2 rings (SSSR count). The van der Waals surface area contributed by atoms with E-state index in [-0.39, 0.29) is 5.41 Å². The van der Waals surface area contributed by atoms with Gasteiger partial charge < -0.3 is 4.74 Å². The van der Waals surface area contributed by atoms with Gasteiger partial charge in [-0.3, -0.25) is 0 Å². The van der Waals surface area contributed by atoms with E-state index in [1.165, 1.54) is 5.56 Å². The van der Waals surface area contributed by atoms with E-state index >= 15 is 0 Å². The molecule has 0 radical (unpaired) electrons. The van der Waals surface area contributed by atoms with Crippen LogP contribution in [0.1, 0.15) is 39.7 Å². The van der Waals surface area contributed by atoms with Crippen molar-refractivity contribution in [1.82, 2.24) is 0 Å². The zero-order valence-corrected chi connectivity index (χ0v) is 10.1. The average molecular weight is 204 g/mol. The number of para-hydroxylation sites is 1. The van der Waals surface area contributed by atoms with Gasteiger partial charge >= 0.3 is 0 Å². The molecule has 1 aromatic rings. The monoisotopic (exact) mass is 204 g/mol. The molecule has 0 spiro atoms. The lowest BCUT2D eigenvalue weighted by molar-refractivity contribution is 0.140. The summed E-state index contributed by atoms with van der Waals surface area (Å²) in [4.78, 5) is 0. The van der Waals surface area contributed by atoms with Crippen molar-refractivity contribution in [2.75, 3.05) is 0 Å². The van der Waals surface area contributed by atoms with Gasteiger partial charge in [0.1, 0.15) is 11.9 Å². The highest BCUT2D eigenvalue weighted by Crippen LogP contribution is 2.44. The minimum absolute atomic E-state index is 0.154. The van der Waals surface area contributed by atoms with E-state index in [2.05, 4.69) is 45.9 Å². The van der Waals surface area contributed by atoms with Gasteiger partial charge in [0.2, 0.25) is 0 Å². The molecule has 82 valence electrons. The summed E-state index contributed by atoms with van der Waals surface area (Å²) in [7, 11) is 0. The number of hydrogen-bond acceptors (Lipinski definition) is 1. The van der Waals surface area contributed by atoms with E-state index in [9.17, 15) is 0 Å². The number of ether oxygens (including phenoxy) is 1. The van der Waals surface area contributed by atoms with Crippen molar-refractivity contribution in [3.63, 3.8) is 0 Å². The van der Waals surface area contributed by atoms with Crippen molar-refractivity contribution in [1.29, 1.82) is 0 Å². The Balaban J connectivity index is 2.30. The molecule has 0 aliphatic carbocycles. The predicted molar refractivity (Wildman–Crippen MR) is 63.3 cm³/mol. The summed E-state index contributed by atoms with van der Waals surface area (Å²) in [6.45, 7) is 9.07. The van der Waals surface area contributed by atoms with Crippen LogP contribution in [0.3, 0.4) is 0 Å². The van der Waals surface area contributed by atoms with Crippen LogP contribution in [0.5, 0.6) is 5.75 Å². The van der Waals surface area contributed by atoms with E-state index in [0.717, 1.165) is 12.2 Å². The SMILES string of the molecule is CC(C)CC1Oc2ccccc2C1(C)C. The molecular formula is C14H20O. The molecule has 0 saturated heterocycles. The zero-order valence-electron chi connectivity index (χ0n) is 10.1. The Bertz CT molecular complexity index is 352. The minimum Gasteiger partial charge on any atom is -0.489 e. The van der Waals surface area contributed by atoms with E-state index < -0.39 is 0 Å². The van der Waals surface area contributed by atoms with E-state index in [0.29, 0.717) is 12.0 Å². The van der Waals surface area contributed by atoms with Gasteiger partial charge in [0.25, 0.3) is 0 Å². The van der Waals surface area contributed by atoms with E-state index in [4.69, 9.17) is 4.74 Å². The molecule has 0 saturated carbocycles. The van der Waals surface area contributed by atoms with Crippen LogP contribution in [0.15, 0.2) is 24.3 Å². The minimum atomic E-state index is 0.154. The Morgan fingerprint density at radius 1 is 1.27 bits per heavy atom. The Morgan fingerprint density at radius 3 is 2.53 bits per heavy atom. The second-order valence-corrected chi connectivity index (χ2v) is 5.45. The average Bonchev–Trinajstić information content (AvgIpc) is 2.39. The van der Waals surface area contributed by atoms with Crippen LogP contribution in [0.4, 0.5) is 0 Å². The normalized spacial score (nSPS) is 22.6. The lowest BCUT2D eigenvalue weighted by Crippen LogP contribution is -2.33. The third-order valence-corrected chi connectivity index (χ3v) is 3.34. The van der Waals surface area contributed by atoms with Crippen molar-refractivity contribution in [3.05, 3.63) is 29.8 Å². The molecule has 1 aliphatic rings. The van der Waals surface area contributed by atoms with Gasteiger partial charge in [-0.05, 0) is 18.4 Å². The maximum atomic E-state index is 6.03. The first-order valence-corrected chi connectivity index (χ1v) is 5.78. The second-order valence-electron chi connectivity index (χ2n) is 5.45. The van der Waals surface area contributed by atoms with Crippen LogP contribution in [0.25, 0.3) is 0 Å². The number of benzene rings is 1. The van der Waals surface area contributed by atoms with Crippen molar-refractivity contribution in [3.8, 4) is 5.75 Å². The van der Waals surface area contributed by atoms with Gasteiger partial charge in [-0.25, -0.2) is 0 Å². The Kier molecular flexibility index (Phi) is 2.49. The Hall–Kier alpha value is -0.980. The summed E-state index contributed by atoms with van der Waals surface area (Å²) in [5, 5.41) is 0. The highest BCUT2D eigenvalue weighted by Gasteiger charge is 2.41. The molecule has 0 fully saturated rings. The molecule has 0 N–H and O–H groups in total.